The standard InChI is InChI=1S/C22H25F2N5O3/c1-13-11-29(15-9-16(23)21(32-3)17(24)10-15)7-6-28(13)12-20(30)25-14-4-5-18-19(8-14)27(2)22(31)26-18/h4-5,8-10,13H,6-7,11-12H2,1-3H3,(H,25,30)(H,26,31)/t13-/m1/s1. The minimum Gasteiger partial charge on any atom is -0.491 e. The lowest BCUT2D eigenvalue weighted by atomic mass is 10.1. The van der Waals surface area contributed by atoms with Crippen LogP contribution < -0.4 is 20.6 Å². The summed E-state index contributed by atoms with van der Waals surface area (Å²) in [7, 11) is 2.89. The molecule has 3 aromatic rings. The molecule has 0 radical (unpaired) electrons. The van der Waals surface area contributed by atoms with Gasteiger partial charge in [-0.25, -0.2) is 13.6 Å². The number of hydrogen-bond donors (Lipinski definition) is 2. The van der Waals surface area contributed by atoms with Gasteiger partial charge in [0, 0.05) is 56.2 Å². The zero-order valence-corrected chi connectivity index (χ0v) is 18.1. The van der Waals surface area contributed by atoms with E-state index in [9.17, 15) is 18.4 Å². The normalized spacial score (nSPS) is 17.0. The van der Waals surface area contributed by atoms with Crippen molar-refractivity contribution in [2.24, 2.45) is 7.05 Å². The lowest BCUT2D eigenvalue weighted by Crippen LogP contribution is -2.53. The zero-order valence-electron chi connectivity index (χ0n) is 18.1. The number of methoxy groups -OCH3 is 1. The van der Waals surface area contributed by atoms with Crippen molar-refractivity contribution < 1.29 is 18.3 Å². The summed E-state index contributed by atoms with van der Waals surface area (Å²) < 4.78 is 34.4. The first-order chi connectivity index (χ1) is 15.3. The Morgan fingerprint density at radius 1 is 1.22 bits per heavy atom. The van der Waals surface area contributed by atoms with Gasteiger partial charge in [-0.3, -0.25) is 14.3 Å². The average Bonchev–Trinajstić information content (AvgIpc) is 3.03. The van der Waals surface area contributed by atoms with E-state index in [1.807, 2.05) is 16.7 Å². The van der Waals surface area contributed by atoms with Crippen molar-refractivity contribution in [2.45, 2.75) is 13.0 Å². The van der Waals surface area contributed by atoms with Crippen LogP contribution in [0.15, 0.2) is 35.1 Å². The van der Waals surface area contributed by atoms with Gasteiger partial charge >= 0.3 is 5.69 Å². The number of aromatic nitrogens is 2. The van der Waals surface area contributed by atoms with Crippen molar-refractivity contribution in [3.8, 4) is 5.75 Å². The minimum atomic E-state index is -0.742. The van der Waals surface area contributed by atoms with Crippen LogP contribution in [-0.2, 0) is 11.8 Å². The van der Waals surface area contributed by atoms with Gasteiger partial charge in [0.15, 0.2) is 17.4 Å². The van der Waals surface area contributed by atoms with Gasteiger partial charge in [-0.2, -0.15) is 0 Å². The summed E-state index contributed by atoms with van der Waals surface area (Å²) in [5, 5.41) is 2.87. The molecule has 0 aliphatic carbocycles. The lowest BCUT2D eigenvalue weighted by molar-refractivity contribution is -0.117. The number of benzene rings is 2. The maximum atomic E-state index is 14.1. The highest BCUT2D eigenvalue weighted by Crippen LogP contribution is 2.28. The molecule has 1 saturated heterocycles. The van der Waals surface area contributed by atoms with E-state index in [2.05, 4.69) is 10.3 Å². The van der Waals surface area contributed by atoms with E-state index >= 15 is 0 Å². The topological polar surface area (TPSA) is 82.6 Å². The fourth-order valence-corrected chi connectivity index (χ4v) is 4.07. The molecule has 32 heavy (non-hydrogen) atoms. The Morgan fingerprint density at radius 3 is 2.59 bits per heavy atom. The molecule has 2 aromatic carbocycles. The maximum absolute atomic E-state index is 14.1. The van der Waals surface area contributed by atoms with Crippen LogP contribution in [0, 0.1) is 11.6 Å². The van der Waals surface area contributed by atoms with Crippen molar-refractivity contribution in [1.82, 2.24) is 14.5 Å². The summed E-state index contributed by atoms with van der Waals surface area (Å²) in [6.07, 6.45) is 0. The van der Waals surface area contributed by atoms with Crippen molar-refractivity contribution in [2.75, 3.05) is 43.5 Å². The molecule has 10 heteroatoms. The molecule has 2 heterocycles. The van der Waals surface area contributed by atoms with Gasteiger partial charge in [-0.1, -0.05) is 0 Å². The number of nitrogens with zero attached hydrogens (tertiary/aromatic N) is 3. The zero-order chi connectivity index (χ0) is 23.0. The predicted molar refractivity (Wildman–Crippen MR) is 118 cm³/mol. The number of carbonyl (C=O) groups is 1. The first-order valence-corrected chi connectivity index (χ1v) is 10.3. The molecule has 1 amide bonds. The fourth-order valence-electron chi connectivity index (χ4n) is 4.07. The SMILES string of the molecule is COc1c(F)cc(N2CCN(CC(=O)Nc3ccc4[nH]c(=O)n(C)c4c3)[C@H](C)C2)cc1F. The molecule has 1 aromatic heterocycles. The molecule has 1 aliphatic rings. The second-order valence-corrected chi connectivity index (χ2v) is 7.98. The third-order valence-electron chi connectivity index (χ3n) is 5.85. The highest BCUT2D eigenvalue weighted by Gasteiger charge is 2.27. The Balaban J connectivity index is 1.38. The number of anilines is 2. The number of imidazole rings is 1. The van der Waals surface area contributed by atoms with Crippen molar-refractivity contribution in [1.29, 1.82) is 0 Å². The lowest BCUT2D eigenvalue weighted by Gasteiger charge is -2.40. The summed E-state index contributed by atoms with van der Waals surface area (Å²) in [4.78, 5) is 31.0. The molecule has 1 atom stereocenters. The number of amides is 1. The van der Waals surface area contributed by atoms with Gasteiger partial charge in [-0.05, 0) is 25.1 Å². The number of hydrogen-bond acceptors (Lipinski definition) is 5. The number of aryl methyl sites for hydroxylation is 1. The first-order valence-electron chi connectivity index (χ1n) is 10.3. The number of carbonyl (C=O) groups excluding carboxylic acids is 1. The number of nitrogens with one attached hydrogen (secondary N) is 2. The Labute approximate surface area is 183 Å². The van der Waals surface area contributed by atoms with E-state index in [1.54, 1.807) is 25.2 Å². The number of ether oxygens (including phenoxy) is 1. The summed E-state index contributed by atoms with van der Waals surface area (Å²) in [6.45, 7) is 3.77. The molecular weight excluding hydrogens is 420 g/mol. The Bertz CT molecular complexity index is 1200. The van der Waals surface area contributed by atoms with Crippen LogP contribution in [0.2, 0.25) is 0 Å². The van der Waals surface area contributed by atoms with E-state index in [0.717, 1.165) is 0 Å². The Morgan fingerprint density at radius 2 is 1.94 bits per heavy atom. The average molecular weight is 445 g/mol. The second-order valence-electron chi connectivity index (χ2n) is 7.98. The number of fused-ring (bicyclic) bond motifs is 1. The number of rotatable bonds is 5. The summed E-state index contributed by atoms with van der Waals surface area (Å²) in [5.41, 5.74) is 2.24. The Hall–Kier alpha value is -3.40. The van der Waals surface area contributed by atoms with Gasteiger partial charge in [-0.15, -0.1) is 0 Å². The molecule has 0 bridgehead atoms. The van der Waals surface area contributed by atoms with E-state index in [4.69, 9.17) is 4.74 Å². The van der Waals surface area contributed by atoms with Gasteiger partial charge in [0.05, 0.1) is 24.7 Å². The van der Waals surface area contributed by atoms with Crippen molar-refractivity contribution in [3.05, 3.63) is 52.5 Å². The molecule has 2 N–H and O–H groups in total. The van der Waals surface area contributed by atoms with Gasteiger partial charge in [0.25, 0.3) is 0 Å². The third kappa shape index (κ3) is 4.18. The predicted octanol–water partition coefficient (Wildman–Crippen LogP) is 2.30. The van der Waals surface area contributed by atoms with E-state index in [0.29, 0.717) is 42.0 Å². The smallest absolute Gasteiger partial charge is 0.326 e. The number of aromatic amines is 1. The van der Waals surface area contributed by atoms with Gasteiger partial charge < -0.3 is 19.9 Å². The molecule has 170 valence electrons. The molecule has 0 unspecified atom stereocenters. The van der Waals surface area contributed by atoms with Crippen molar-refractivity contribution in [3.63, 3.8) is 0 Å². The fraction of sp³-hybridized carbons (Fsp3) is 0.364. The quantitative estimate of drug-likeness (QED) is 0.630. The Kier molecular flexibility index (Phi) is 5.88. The van der Waals surface area contributed by atoms with E-state index in [-0.39, 0.29) is 24.2 Å². The first kappa shape index (κ1) is 21.8. The number of H-pyrrole nitrogens is 1. The molecule has 1 fully saturated rings. The largest absolute Gasteiger partial charge is 0.491 e. The molecule has 8 nitrogen and oxygen atoms in total. The van der Waals surface area contributed by atoms with Crippen molar-refractivity contribution >= 4 is 28.3 Å². The van der Waals surface area contributed by atoms with Crippen LogP contribution in [0.4, 0.5) is 20.2 Å². The van der Waals surface area contributed by atoms with Crippen LogP contribution in [0.5, 0.6) is 5.75 Å². The molecule has 0 spiro atoms. The number of halogens is 2. The molecule has 0 saturated carbocycles. The highest BCUT2D eigenvalue weighted by atomic mass is 19.1. The number of piperazine rings is 1. The molecular formula is C22H25F2N5O3. The van der Waals surface area contributed by atoms with E-state index in [1.165, 1.54) is 23.8 Å². The monoisotopic (exact) mass is 445 g/mol. The van der Waals surface area contributed by atoms with Crippen LogP contribution in [0.1, 0.15) is 6.92 Å². The molecule has 1 aliphatic heterocycles. The molecule has 4 rings (SSSR count). The van der Waals surface area contributed by atoms with Gasteiger partial charge in [0.1, 0.15) is 0 Å². The summed E-state index contributed by atoms with van der Waals surface area (Å²) in [5.74, 6) is -2.05. The van der Waals surface area contributed by atoms with Crippen LogP contribution in [0.25, 0.3) is 11.0 Å². The summed E-state index contributed by atoms with van der Waals surface area (Å²) >= 11 is 0. The summed E-state index contributed by atoms with van der Waals surface area (Å²) in [6, 6.07) is 7.77. The third-order valence-corrected chi connectivity index (χ3v) is 5.85. The van der Waals surface area contributed by atoms with Crippen LogP contribution >= 0.6 is 0 Å². The van der Waals surface area contributed by atoms with Crippen LogP contribution in [-0.4, -0.2) is 59.7 Å². The van der Waals surface area contributed by atoms with Gasteiger partial charge in [0.2, 0.25) is 5.91 Å². The maximum Gasteiger partial charge on any atom is 0.326 e. The minimum absolute atomic E-state index is 0.00398. The van der Waals surface area contributed by atoms with Crippen LogP contribution in [0.3, 0.4) is 0 Å². The second kappa shape index (κ2) is 8.62. The van der Waals surface area contributed by atoms with E-state index < -0.39 is 17.4 Å². The highest BCUT2D eigenvalue weighted by molar-refractivity contribution is 5.94.